The molecule has 2 aromatic carbocycles. The van der Waals surface area contributed by atoms with Crippen molar-refractivity contribution in [2.75, 3.05) is 20.3 Å². The molecular formula is C18H23NO3. The molecule has 0 saturated carbocycles. The normalized spacial score (nSPS) is 12.0. The van der Waals surface area contributed by atoms with Gasteiger partial charge in [-0.05, 0) is 55.3 Å². The molecule has 3 N–H and O–H groups in total. The molecule has 4 heteroatoms. The maximum Gasteiger partial charge on any atom is 0.161 e. The molecule has 0 aliphatic rings. The van der Waals surface area contributed by atoms with Crippen LogP contribution in [0, 0.1) is 0 Å². The van der Waals surface area contributed by atoms with Crippen molar-refractivity contribution in [3.8, 4) is 17.2 Å². The molecule has 0 aliphatic heterocycles. The summed E-state index contributed by atoms with van der Waals surface area (Å²) < 4.78 is 10.6. The van der Waals surface area contributed by atoms with Crippen LogP contribution >= 0.6 is 0 Å². The van der Waals surface area contributed by atoms with Crippen LogP contribution in [0.25, 0.3) is 0 Å². The Bertz CT molecular complexity index is 596. The minimum atomic E-state index is 0.166. The van der Waals surface area contributed by atoms with Crippen LogP contribution in [0.1, 0.15) is 24.0 Å². The quantitative estimate of drug-likeness (QED) is 0.825. The minimum absolute atomic E-state index is 0.166. The van der Waals surface area contributed by atoms with Gasteiger partial charge in [-0.25, -0.2) is 0 Å². The van der Waals surface area contributed by atoms with Gasteiger partial charge in [-0.1, -0.05) is 18.2 Å². The average molecular weight is 301 g/mol. The third-order valence-corrected chi connectivity index (χ3v) is 3.68. The summed E-state index contributed by atoms with van der Waals surface area (Å²) in [6, 6.07) is 13.4. The van der Waals surface area contributed by atoms with E-state index in [1.165, 1.54) is 5.56 Å². The second kappa shape index (κ2) is 7.71. The van der Waals surface area contributed by atoms with Gasteiger partial charge in [0.25, 0.3) is 0 Å². The van der Waals surface area contributed by atoms with Gasteiger partial charge in [0.1, 0.15) is 5.75 Å². The van der Waals surface area contributed by atoms with Gasteiger partial charge in [0.2, 0.25) is 0 Å². The maximum absolute atomic E-state index is 9.77. The predicted molar refractivity (Wildman–Crippen MR) is 87.8 cm³/mol. The second-order valence-electron chi connectivity index (χ2n) is 5.14. The summed E-state index contributed by atoms with van der Waals surface area (Å²) >= 11 is 0. The van der Waals surface area contributed by atoms with Gasteiger partial charge in [-0.2, -0.15) is 0 Å². The third-order valence-electron chi connectivity index (χ3n) is 3.68. The standard InChI is InChI=1S/C18H23NO3/c1-3-22-18-11-13(4-9-17(18)20)10-15(12-19)14-5-7-16(21-2)8-6-14/h4-9,11,15,20H,3,10,12,19H2,1-2H3. The Morgan fingerprint density at radius 2 is 1.86 bits per heavy atom. The van der Waals surface area contributed by atoms with Crippen LogP contribution in [0.3, 0.4) is 0 Å². The number of benzene rings is 2. The third kappa shape index (κ3) is 3.92. The Morgan fingerprint density at radius 1 is 1.14 bits per heavy atom. The summed E-state index contributed by atoms with van der Waals surface area (Å²) in [5, 5.41) is 9.77. The Balaban J connectivity index is 2.16. The molecule has 0 radical (unpaired) electrons. The number of phenols is 1. The number of methoxy groups -OCH3 is 1. The van der Waals surface area contributed by atoms with Crippen molar-refractivity contribution in [1.82, 2.24) is 0 Å². The van der Waals surface area contributed by atoms with Crippen LogP contribution in [0.2, 0.25) is 0 Å². The van der Waals surface area contributed by atoms with E-state index in [0.29, 0.717) is 18.9 Å². The molecule has 0 bridgehead atoms. The van der Waals surface area contributed by atoms with E-state index < -0.39 is 0 Å². The first-order chi connectivity index (χ1) is 10.7. The molecule has 0 aliphatic carbocycles. The van der Waals surface area contributed by atoms with Gasteiger partial charge in [0.15, 0.2) is 11.5 Å². The summed E-state index contributed by atoms with van der Waals surface area (Å²) in [4.78, 5) is 0. The lowest BCUT2D eigenvalue weighted by Crippen LogP contribution is -2.15. The zero-order valence-corrected chi connectivity index (χ0v) is 13.1. The topological polar surface area (TPSA) is 64.7 Å². The Labute approximate surface area is 131 Å². The summed E-state index contributed by atoms with van der Waals surface area (Å²) in [7, 11) is 1.65. The summed E-state index contributed by atoms with van der Waals surface area (Å²) in [6.45, 7) is 2.97. The summed E-state index contributed by atoms with van der Waals surface area (Å²) in [6.07, 6.45) is 0.795. The van der Waals surface area contributed by atoms with Gasteiger partial charge >= 0.3 is 0 Å². The minimum Gasteiger partial charge on any atom is -0.504 e. The van der Waals surface area contributed by atoms with E-state index in [1.807, 2.05) is 43.3 Å². The van der Waals surface area contributed by atoms with E-state index in [9.17, 15) is 5.11 Å². The van der Waals surface area contributed by atoms with Crippen molar-refractivity contribution in [1.29, 1.82) is 0 Å². The van der Waals surface area contributed by atoms with E-state index in [4.69, 9.17) is 15.2 Å². The van der Waals surface area contributed by atoms with Gasteiger partial charge in [0, 0.05) is 5.92 Å². The molecule has 118 valence electrons. The monoisotopic (exact) mass is 301 g/mol. The van der Waals surface area contributed by atoms with Crippen molar-refractivity contribution < 1.29 is 14.6 Å². The van der Waals surface area contributed by atoms with E-state index in [-0.39, 0.29) is 11.7 Å². The number of nitrogens with two attached hydrogens (primary N) is 1. The predicted octanol–water partition coefficient (Wildman–Crippen LogP) is 3.08. The highest BCUT2D eigenvalue weighted by Crippen LogP contribution is 2.29. The Hall–Kier alpha value is -2.20. The lowest BCUT2D eigenvalue weighted by atomic mass is 9.92. The van der Waals surface area contributed by atoms with Crippen LogP contribution in [0.4, 0.5) is 0 Å². The number of rotatable bonds is 7. The molecule has 1 atom stereocenters. The van der Waals surface area contributed by atoms with Crippen molar-refractivity contribution in [2.24, 2.45) is 5.73 Å². The molecule has 4 nitrogen and oxygen atoms in total. The molecule has 0 heterocycles. The first-order valence-electron chi connectivity index (χ1n) is 7.46. The first kappa shape index (κ1) is 16.2. The van der Waals surface area contributed by atoms with E-state index in [0.717, 1.165) is 17.7 Å². The van der Waals surface area contributed by atoms with Gasteiger partial charge in [0.05, 0.1) is 13.7 Å². The number of hydrogen-bond acceptors (Lipinski definition) is 4. The van der Waals surface area contributed by atoms with Gasteiger partial charge in [-0.3, -0.25) is 0 Å². The zero-order chi connectivity index (χ0) is 15.9. The van der Waals surface area contributed by atoms with E-state index in [2.05, 4.69) is 0 Å². The Morgan fingerprint density at radius 3 is 2.45 bits per heavy atom. The number of ether oxygens (including phenoxy) is 2. The van der Waals surface area contributed by atoms with Crippen molar-refractivity contribution in [2.45, 2.75) is 19.3 Å². The molecule has 1 unspecified atom stereocenters. The zero-order valence-electron chi connectivity index (χ0n) is 13.1. The van der Waals surface area contributed by atoms with E-state index in [1.54, 1.807) is 13.2 Å². The Kier molecular flexibility index (Phi) is 5.67. The molecular weight excluding hydrogens is 278 g/mol. The van der Waals surface area contributed by atoms with Crippen molar-refractivity contribution in [3.63, 3.8) is 0 Å². The van der Waals surface area contributed by atoms with Crippen molar-refractivity contribution in [3.05, 3.63) is 53.6 Å². The molecule has 0 aromatic heterocycles. The SMILES string of the molecule is CCOc1cc(CC(CN)c2ccc(OC)cc2)ccc1O. The van der Waals surface area contributed by atoms with Crippen LogP contribution in [0.15, 0.2) is 42.5 Å². The highest BCUT2D eigenvalue weighted by molar-refractivity contribution is 5.42. The molecule has 2 aromatic rings. The summed E-state index contributed by atoms with van der Waals surface area (Å²) in [5.41, 5.74) is 8.20. The molecule has 2 rings (SSSR count). The summed E-state index contributed by atoms with van der Waals surface area (Å²) in [5.74, 6) is 1.73. The first-order valence-corrected chi connectivity index (χ1v) is 7.46. The fourth-order valence-corrected chi connectivity index (χ4v) is 2.45. The average Bonchev–Trinajstić information content (AvgIpc) is 2.56. The van der Waals surface area contributed by atoms with Gasteiger partial charge < -0.3 is 20.3 Å². The molecule has 0 spiro atoms. The molecule has 22 heavy (non-hydrogen) atoms. The van der Waals surface area contributed by atoms with Crippen molar-refractivity contribution >= 4 is 0 Å². The highest BCUT2D eigenvalue weighted by atomic mass is 16.5. The fraction of sp³-hybridized carbons (Fsp3) is 0.333. The number of hydrogen-bond donors (Lipinski definition) is 2. The molecule has 0 amide bonds. The highest BCUT2D eigenvalue weighted by Gasteiger charge is 2.12. The van der Waals surface area contributed by atoms with Crippen LogP contribution in [-0.4, -0.2) is 25.4 Å². The van der Waals surface area contributed by atoms with Crippen LogP contribution in [0.5, 0.6) is 17.2 Å². The van der Waals surface area contributed by atoms with Crippen LogP contribution < -0.4 is 15.2 Å². The lowest BCUT2D eigenvalue weighted by Gasteiger charge is -2.17. The van der Waals surface area contributed by atoms with E-state index >= 15 is 0 Å². The van der Waals surface area contributed by atoms with Crippen LogP contribution in [-0.2, 0) is 6.42 Å². The molecule has 0 saturated heterocycles. The maximum atomic E-state index is 9.77. The number of aromatic hydroxyl groups is 1. The fourth-order valence-electron chi connectivity index (χ4n) is 2.45. The number of phenolic OH excluding ortho intramolecular Hbond substituents is 1. The van der Waals surface area contributed by atoms with Gasteiger partial charge in [-0.15, -0.1) is 0 Å². The molecule has 0 fully saturated rings. The largest absolute Gasteiger partial charge is 0.504 e. The second-order valence-corrected chi connectivity index (χ2v) is 5.14. The lowest BCUT2D eigenvalue weighted by molar-refractivity contribution is 0.317. The smallest absolute Gasteiger partial charge is 0.161 e.